The summed E-state index contributed by atoms with van der Waals surface area (Å²) >= 11 is 0. The van der Waals surface area contributed by atoms with Crippen molar-refractivity contribution < 1.29 is 71.5 Å². The molecule has 0 saturated carbocycles. The topological polar surface area (TPSA) is 169 Å². The molecule has 0 aliphatic carbocycles. The van der Waals surface area contributed by atoms with Crippen molar-refractivity contribution in [3.63, 3.8) is 0 Å². The number of carboxylic acids is 1. The molecule has 0 spiro atoms. The van der Waals surface area contributed by atoms with Crippen LogP contribution < -0.4 is 5.32 Å². The third-order valence-corrected chi connectivity index (χ3v) is 5.19. The first kappa shape index (κ1) is 43.9. The van der Waals surface area contributed by atoms with Gasteiger partial charge in [-0.05, 0) is 7.05 Å². The smallest absolute Gasteiger partial charge is 0.329 e. The van der Waals surface area contributed by atoms with Crippen molar-refractivity contribution >= 4 is 5.97 Å². The van der Waals surface area contributed by atoms with Crippen molar-refractivity contribution in [2.45, 2.75) is 0 Å². The summed E-state index contributed by atoms with van der Waals surface area (Å²) in [5.41, 5.74) is 0. The molecule has 0 aliphatic rings. The van der Waals surface area contributed by atoms with Crippen molar-refractivity contribution in [2.75, 3.05) is 185 Å². The zero-order chi connectivity index (χ0) is 32.6. The van der Waals surface area contributed by atoms with Crippen LogP contribution in [0.1, 0.15) is 0 Å². The summed E-state index contributed by atoms with van der Waals surface area (Å²) < 4.78 is 69.8. The molecule has 0 aromatic rings. The Kier molecular flexibility index (Phi) is 39.9. The summed E-state index contributed by atoms with van der Waals surface area (Å²) in [7, 11) is 1.89. The highest BCUT2D eigenvalue weighted by Gasteiger charge is 1.98. The van der Waals surface area contributed by atoms with Crippen LogP contribution in [0.3, 0.4) is 0 Å². The predicted molar refractivity (Wildman–Crippen MR) is 162 cm³/mol. The molecule has 2 N–H and O–H groups in total. The van der Waals surface area contributed by atoms with Crippen LogP contribution in [0.4, 0.5) is 0 Å². The van der Waals surface area contributed by atoms with Crippen LogP contribution in [-0.4, -0.2) is 196 Å². The van der Waals surface area contributed by atoms with Crippen molar-refractivity contribution in [1.29, 1.82) is 0 Å². The zero-order valence-corrected chi connectivity index (χ0v) is 27.3. The van der Waals surface area contributed by atoms with Gasteiger partial charge in [0.2, 0.25) is 0 Å². The average molecular weight is 662 g/mol. The van der Waals surface area contributed by atoms with Crippen LogP contribution >= 0.6 is 0 Å². The van der Waals surface area contributed by atoms with Gasteiger partial charge in [-0.25, -0.2) is 4.79 Å². The molecule has 0 rings (SSSR count). The summed E-state index contributed by atoms with van der Waals surface area (Å²) in [6.07, 6.45) is 0. The van der Waals surface area contributed by atoms with Gasteiger partial charge in [0.25, 0.3) is 0 Å². The van der Waals surface area contributed by atoms with Crippen LogP contribution in [0.5, 0.6) is 0 Å². The number of carbonyl (C=O) groups is 1. The predicted octanol–water partition coefficient (Wildman–Crippen LogP) is -0.494. The van der Waals surface area contributed by atoms with Gasteiger partial charge in [-0.2, -0.15) is 0 Å². The summed E-state index contributed by atoms with van der Waals surface area (Å²) in [5, 5.41) is 11.4. The Labute approximate surface area is 268 Å². The molecular weight excluding hydrogens is 602 g/mol. The summed E-state index contributed by atoms with van der Waals surface area (Å²) in [6, 6.07) is 0. The quantitative estimate of drug-likeness (QED) is 0.0804. The number of rotatable bonds is 41. The molecule has 45 heavy (non-hydrogen) atoms. The van der Waals surface area contributed by atoms with Gasteiger partial charge in [0.1, 0.15) is 6.61 Å². The fraction of sp³-hybridized carbons (Fsp3) is 0.966. The molecule has 0 unspecified atom stereocenters. The van der Waals surface area contributed by atoms with Gasteiger partial charge in [-0.15, -0.1) is 0 Å². The van der Waals surface area contributed by atoms with E-state index < -0.39 is 5.97 Å². The molecule has 0 saturated heterocycles. The number of ether oxygens (including phenoxy) is 13. The lowest BCUT2D eigenvalue weighted by Crippen LogP contribution is -2.17. The van der Waals surface area contributed by atoms with Crippen molar-refractivity contribution in [3.8, 4) is 0 Å². The molecule has 0 bridgehead atoms. The van der Waals surface area contributed by atoms with E-state index in [1.165, 1.54) is 0 Å². The third kappa shape index (κ3) is 42.9. The first-order valence-electron chi connectivity index (χ1n) is 15.6. The molecule has 16 nitrogen and oxygen atoms in total. The lowest BCUT2D eigenvalue weighted by atomic mass is 10.6. The molecule has 0 atom stereocenters. The molecule has 0 aromatic heterocycles. The molecule has 0 aliphatic heterocycles. The number of aliphatic carboxylic acids is 1. The van der Waals surface area contributed by atoms with Gasteiger partial charge >= 0.3 is 5.97 Å². The van der Waals surface area contributed by atoms with E-state index in [1.54, 1.807) is 0 Å². The Morgan fingerprint density at radius 1 is 0.356 bits per heavy atom. The largest absolute Gasteiger partial charge is 0.480 e. The van der Waals surface area contributed by atoms with E-state index in [1.807, 2.05) is 7.05 Å². The van der Waals surface area contributed by atoms with Gasteiger partial charge in [0, 0.05) is 6.54 Å². The Hall–Kier alpha value is -1.09. The number of hydrogen-bond acceptors (Lipinski definition) is 15. The van der Waals surface area contributed by atoms with Crippen molar-refractivity contribution in [1.82, 2.24) is 5.32 Å². The lowest BCUT2D eigenvalue weighted by molar-refractivity contribution is -0.142. The maximum atomic E-state index is 10.3. The van der Waals surface area contributed by atoms with E-state index >= 15 is 0 Å². The molecular formula is C29H59NO15. The molecule has 0 fully saturated rings. The van der Waals surface area contributed by atoms with Crippen LogP contribution in [0, 0.1) is 0 Å². The molecule has 16 heteroatoms. The molecule has 0 aromatic carbocycles. The highest BCUT2D eigenvalue weighted by Crippen LogP contribution is 1.87. The Morgan fingerprint density at radius 2 is 0.533 bits per heavy atom. The van der Waals surface area contributed by atoms with E-state index in [4.69, 9.17) is 66.7 Å². The first-order valence-corrected chi connectivity index (χ1v) is 15.6. The monoisotopic (exact) mass is 661 g/mol. The van der Waals surface area contributed by atoms with E-state index in [0.717, 1.165) is 6.54 Å². The third-order valence-electron chi connectivity index (χ3n) is 5.19. The number of nitrogens with one attached hydrogen (secondary N) is 1. The highest BCUT2D eigenvalue weighted by atomic mass is 16.6. The highest BCUT2D eigenvalue weighted by molar-refractivity contribution is 5.67. The van der Waals surface area contributed by atoms with Gasteiger partial charge in [0.05, 0.1) is 165 Å². The van der Waals surface area contributed by atoms with Crippen LogP contribution in [0.2, 0.25) is 0 Å². The molecule has 0 heterocycles. The van der Waals surface area contributed by atoms with E-state index in [9.17, 15) is 4.79 Å². The van der Waals surface area contributed by atoms with Crippen molar-refractivity contribution in [2.24, 2.45) is 0 Å². The summed E-state index contributed by atoms with van der Waals surface area (Å²) in [5.74, 6) is -0.996. The second kappa shape index (κ2) is 40.9. The fourth-order valence-corrected chi connectivity index (χ4v) is 2.97. The first-order chi connectivity index (χ1) is 22.3. The van der Waals surface area contributed by atoms with Gasteiger partial charge in [-0.3, -0.25) is 0 Å². The van der Waals surface area contributed by atoms with Crippen LogP contribution in [-0.2, 0) is 66.4 Å². The summed E-state index contributed by atoms with van der Waals surface area (Å²) in [4.78, 5) is 10.3. The van der Waals surface area contributed by atoms with E-state index in [0.29, 0.717) is 159 Å². The maximum absolute atomic E-state index is 10.3. The van der Waals surface area contributed by atoms with Crippen LogP contribution in [0.15, 0.2) is 0 Å². The summed E-state index contributed by atoms with van der Waals surface area (Å²) in [6.45, 7) is 12.8. The van der Waals surface area contributed by atoms with Crippen molar-refractivity contribution in [3.05, 3.63) is 0 Å². The minimum atomic E-state index is -0.996. The normalized spacial score (nSPS) is 11.5. The number of likely N-dealkylation sites (N-methyl/N-ethyl adjacent to an activating group) is 1. The van der Waals surface area contributed by atoms with E-state index in [-0.39, 0.29) is 13.2 Å². The Bertz CT molecular complexity index is 566. The van der Waals surface area contributed by atoms with Gasteiger partial charge in [-0.1, -0.05) is 0 Å². The Balaban J connectivity index is 3.04. The second-order valence-corrected chi connectivity index (χ2v) is 8.90. The Morgan fingerprint density at radius 3 is 0.711 bits per heavy atom. The van der Waals surface area contributed by atoms with Gasteiger partial charge < -0.3 is 72.0 Å². The SMILES string of the molecule is CNCCOCCOCCOCCOCCOCCOCCOCCOCCOCCOCCOCCOCCOCC(=O)O. The maximum Gasteiger partial charge on any atom is 0.329 e. The number of hydrogen-bond donors (Lipinski definition) is 2. The second-order valence-electron chi connectivity index (χ2n) is 8.90. The fourth-order valence-electron chi connectivity index (χ4n) is 2.97. The number of carboxylic acid groups (broad SMARTS) is 1. The zero-order valence-electron chi connectivity index (χ0n) is 27.3. The minimum absolute atomic E-state index is 0.241. The standard InChI is InChI=1S/C29H59NO15/c1-30-2-3-33-4-5-34-6-7-35-8-9-36-10-11-37-12-13-38-14-15-39-16-17-40-18-19-41-20-21-42-22-23-43-24-25-44-26-27-45-28-29(31)32/h30H,2-28H2,1H3,(H,31,32). The lowest BCUT2D eigenvalue weighted by Gasteiger charge is -2.09. The average Bonchev–Trinajstić information content (AvgIpc) is 3.03. The molecule has 0 radical (unpaired) electrons. The molecule has 270 valence electrons. The van der Waals surface area contributed by atoms with Crippen LogP contribution in [0.25, 0.3) is 0 Å². The van der Waals surface area contributed by atoms with E-state index in [2.05, 4.69) is 5.32 Å². The molecule has 0 amide bonds. The van der Waals surface area contributed by atoms with Gasteiger partial charge in [0.15, 0.2) is 0 Å². The minimum Gasteiger partial charge on any atom is -0.480 e.